The molecule has 306 valence electrons. The summed E-state index contributed by atoms with van der Waals surface area (Å²) in [7, 11) is 1.86. The Balaban J connectivity index is 1.66. The third-order valence-corrected chi connectivity index (χ3v) is 11.5. The number of hydrogen-bond acceptors (Lipinski definition) is 10. The van der Waals surface area contributed by atoms with Crippen LogP contribution in [0.15, 0.2) is 132 Å². The lowest BCUT2D eigenvalue weighted by atomic mass is 9.93. The van der Waals surface area contributed by atoms with Gasteiger partial charge in [-0.3, -0.25) is 28.8 Å². The van der Waals surface area contributed by atoms with Crippen LogP contribution in [0.3, 0.4) is 0 Å². The number of primary amides is 2. The lowest BCUT2D eigenvalue weighted by Crippen LogP contribution is -2.30. The van der Waals surface area contributed by atoms with Crippen LogP contribution in [0, 0.1) is 11.6 Å². The van der Waals surface area contributed by atoms with Crippen molar-refractivity contribution in [3.05, 3.63) is 167 Å². The fourth-order valence-corrected chi connectivity index (χ4v) is 9.12. The number of carbonyl (C=O) groups is 6. The third-order valence-electron chi connectivity index (χ3n) is 9.15. The number of ketones is 2. The summed E-state index contributed by atoms with van der Waals surface area (Å²) in [6.07, 6.45) is 2.83. The zero-order valence-corrected chi connectivity index (χ0v) is 33.6. The molecule has 0 aliphatic rings. The van der Waals surface area contributed by atoms with E-state index >= 15 is 0 Å². The normalized spacial score (nSPS) is 12.0. The topological polar surface area (TPSA) is 183 Å². The lowest BCUT2D eigenvalue weighted by Gasteiger charge is -2.15. The number of amides is 2. The van der Waals surface area contributed by atoms with E-state index in [4.69, 9.17) is 20.9 Å². The van der Waals surface area contributed by atoms with Gasteiger partial charge in [0, 0.05) is 46.0 Å². The van der Waals surface area contributed by atoms with Gasteiger partial charge in [0.15, 0.2) is 23.4 Å². The number of halogens is 2. The van der Waals surface area contributed by atoms with E-state index in [2.05, 4.69) is 0 Å². The first-order valence-electron chi connectivity index (χ1n) is 18.3. The number of nitrogens with two attached hydrogens (primary N) is 2. The van der Waals surface area contributed by atoms with Gasteiger partial charge in [-0.15, -0.1) is 0 Å². The highest BCUT2D eigenvalue weighted by Gasteiger charge is 2.39. The maximum Gasteiger partial charge on any atom is 0.323 e. The van der Waals surface area contributed by atoms with Gasteiger partial charge in [-0.1, -0.05) is 36.4 Å². The van der Waals surface area contributed by atoms with Gasteiger partial charge in [0.25, 0.3) is 0 Å². The molecule has 0 saturated heterocycles. The Morgan fingerprint density at radius 2 is 0.883 bits per heavy atom. The van der Waals surface area contributed by atoms with Crippen LogP contribution >= 0.6 is 21.6 Å². The number of esters is 2. The molecule has 16 heteroatoms. The SMILES string of the molecule is CCOC(=O)C(C(N)=O)c1cn(-c2ccccc2)c(SSc2c(C(=O)c3ccc(F)cc3)c(C(C(N)=O)C(=O)OCC)cn2-c2ccccc2)c1C(=O)c1ccc(F)cc1. The number of carbonyl (C=O) groups excluding carboxylic acids is 6. The number of para-hydroxylation sites is 2. The van der Waals surface area contributed by atoms with Gasteiger partial charge in [-0.25, -0.2) is 8.78 Å². The number of nitrogens with zero attached hydrogens (tertiary/aromatic N) is 2. The van der Waals surface area contributed by atoms with Crippen molar-refractivity contribution < 1.29 is 47.0 Å². The Bertz CT molecular complexity index is 2400. The van der Waals surface area contributed by atoms with E-state index in [1.807, 2.05) is 0 Å². The second-order valence-electron chi connectivity index (χ2n) is 13.0. The van der Waals surface area contributed by atoms with Crippen molar-refractivity contribution in [3.8, 4) is 11.4 Å². The minimum absolute atomic E-state index is 0.00301. The molecule has 0 aliphatic carbocycles. The first-order valence-corrected chi connectivity index (χ1v) is 20.5. The van der Waals surface area contributed by atoms with E-state index < -0.39 is 58.8 Å². The van der Waals surface area contributed by atoms with Crippen molar-refractivity contribution in [1.29, 1.82) is 0 Å². The summed E-state index contributed by atoms with van der Waals surface area (Å²) in [4.78, 5) is 82.5. The van der Waals surface area contributed by atoms with Crippen molar-refractivity contribution in [2.45, 2.75) is 35.7 Å². The van der Waals surface area contributed by atoms with Crippen LogP contribution in [0.25, 0.3) is 11.4 Å². The fraction of sp³-hybridized carbons (Fsp3) is 0.136. The smallest absolute Gasteiger partial charge is 0.323 e. The van der Waals surface area contributed by atoms with Crippen LogP contribution in [-0.2, 0) is 28.7 Å². The highest BCUT2D eigenvalue weighted by atomic mass is 33.1. The molecule has 0 spiro atoms. The largest absolute Gasteiger partial charge is 0.465 e. The molecule has 4 aromatic carbocycles. The average molecular weight is 851 g/mol. The summed E-state index contributed by atoms with van der Waals surface area (Å²) < 4.78 is 41.9. The molecular formula is C44H36F2N4O8S2. The zero-order chi connectivity index (χ0) is 43.1. The maximum absolute atomic E-state index is 14.7. The molecule has 2 heterocycles. The maximum atomic E-state index is 14.7. The molecule has 0 saturated carbocycles. The van der Waals surface area contributed by atoms with Crippen molar-refractivity contribution in [2.24, 2.45) is 11.5 Å². The molecule has 2 aromatic heterocycles. The average Bonchev–Trinajstić information content (AvgIpc) is 3.79. The van der Waals surface area contributed by atoms with Crippen LogP contribution in [-0.4, -0.2) is 57.7 Å². The Morgan fingerprint density at radius 1 is 0.550 bits per heavy atom. The predicted molar refractivity (Wildman–Crippen MR) is 220 cm³/mol. The molecular weight excluding hydrogens is 815 g/mol. The standard InChI is InChI=1S/C44H36F2N4O8S2/c1-3-57-43(55)35(39(47)53)31-23-49(29-11-7-5-8-12-29)41(33(31)37(51)25-15-19-27(45)20-16-25)59-60-42-34(38(52)26-17-21-28(46)22-18-26)32(36(40(48)54)44(56)58-4-2)24-50(42)30-13-9-6-10-14-30/h5-24,35-36H,3-4H2,1-2H3,(H2,47,53)(H2,48,54). The molecule has 0 bridgehead atoms. The summed E-state index contributed by atoms with van der Waals surface area (Å²) in [5.74, 6) is -10.4. The van der Waals surface area contributed by atoms with Gasteiger partial charge in [-0.05, 0) is 108 Å². The highest BCUT2D eigenvalue weighted by molar-refractivity contribution is 8.76. The van der Waals surface area contributed by atoms with E-state index in [-0.39, 0.29) is 56.6 Å². The Labute approximate surface area is 350 Å². The van der Waals surface area contributed by atoms with E-state index in [0.717, 1.165) is 45.9 Å². The van der Waals surface area contributed by atoms with Crippen molar-refractivity contribution >= 4 is 56.9 Å². The first kappa shape index (κ1) is 42.8. The monoisotopic (exact) mass is 850 g/mol. The molecule has 12 nitrogen and oxygen atoms in total. The summed E-state index contributed by atoms with van der Waals surface area (Å²) in [6.45, 7) is 2.86. The number of rotatable bonds is 17. The Hall–Kier alpha value is -6.78. The van der Waals surface area contributed by atoms with Crippen LogP contribution in [0.1, 0.15) is 68.7 Å². The minimum atomic E-state index is -1.77. The van der Waals surface area contributed by atoms with E-state index in [1.54, 1.807) is 83.6 Å². The second kappa shape index (κ2) is 18.9. The molecule has 2 unspecified atom stereocenters. The van der Waals surface area contributed by atoms with Crippen LogP contribution in [0.5, 0.6) is 0 Å². The van der Waals surface area contributed by atoms with Gasteiger partial charge in [0.2, 0.25) is 11.8 Å². The van der Waals surface area contributed by atoms with Crippen molar-refractivity contribution in [1.82, 2.24) is 9.13 Å². The molecule has 4 N–H and O–H groups in total. The van der Waals surface area contributed by atoms with Crippen LogP contribution in [0.4, 0.5) is 8.78 Å². The van der Waals surface area contributed by atoms with Crippen LogP contribution in [0.2, 0.25) is 0 Å². The number of benzene rings is 4. The van der Waals surface area contributed by atoms with E-state index in [1.165, 1.54) is 36.7 Å². The fourth-order valence-electron chi connectivity index (χ4n) is 6.45. The quantitative estimate of drug-likeness (QED) is 0.0417. The summed E-state index contributed by atoms with van der Waals surface area (Å²) in [5.41, 5.74) is 12.1. The second-order valence-corrected chi connectivity index (χ2v) is 15.1. The van der Waals surface area contributed by atoms with Gasteiger partial charge in [0.1, 0.15) is 21.7 Å². The van der Waals surface area contributed by atoms with Crippen molar-refractivity contribution in [2.75, 3.05) is 13.2 Å². The summed E-state index contributed by atoms with van der Waals surface area (Å²) in [6, 6.07) is 26.6. The van der Waals surface area contributed by atoms with Gasteiger partial charge >= 0.3 is 11.9 Å². The lowest BCUT2D eigenvalue weighted by molar-refractivity contribution is -0.149. The molecule has 2 amide bonds. The highest BCUT2D eigenvalue weighted by Crippen LogP contribution is 2.48. The number of ether oxygens (including phenoxy) is 2. The molecule has 6 rings (SSSR count). The Morgan fingerprint density at radius 3 is 1.18 bits per heavy atom. The molecule has 60 heavy (non-hydrogen) atoms. The van der Waals surface area contributed by atoms with Crippen LogP contribution < -0.4 is 11.5 Å². The van der Waals surface area contributed by atoms with Gasteiger partial charge in [-0.2, -0.15) is 0 Å². The predicted octanol–water partition coefficient (Wildman–Crippen LogP) is 7.07. The van der Waals surface area contributed by atoms with E-state index in [0.29, 0.717) is 11.4 Å². The first-order chi connectivity index (χ1) is 28.9. The third kappa shape index (κ3) is 8.94. The van der Waals surface area contributed by atoms with Gasteiger partial charge < -0.3 is 30.1 Å². The number of hydrogen-bond donors (Lipinski definition) is 2. The summed E-state index contributed by atoms with van der Waals surface area (Å²) >= 11 is 0. The van der Waals surface area contributed by atoms with E-state index in [9.17, 15) is 37.5 Å². The molecule has 2 atom stereocenters. The Kier molecular flexibility index (Phi) is 13.5. The zero-order valence-electron chi connectivity index (χ0n) is 32.0. The van der Waals surface area contributed by atoms with Crippen molar-refractivity contribution in [3.63, 3.8) is 0 Å². The summed E-state index contributed by atoms with van der Waals surface area (Å²) in [5, 5.41) is 0.260. The minimum Gasteiger partial charge on any atom is -0.465 e. The molecule has 0 radical (unpaired) electrons. The molecule has 0 aliphatic heterocycles. The number of aromatic nitrogens is 2. The van der Waals surface area contributed by atoms with Gasteiger partial charge in [0.05, 0.1) is 24.3 Å². The molecule has 6 aromatic rings. The molecule has 0 fully saturated rings.